The van der Waals surface area contributed by atoms with Gasteiger partial charge in [0.25, 0.3) is 0 Å². The van der Waals surface area contributed by atoms with Crippen LogP contribution >= 0.6 is 12.2 Å². The molecule has 0 saturated heterocycles. The van der Waals surface area contributed by atoms with Crippen LogP contribution < -0.4 is 5.69 Å². The Hall–Kier alpha value is -1.23. The lowest BCUT2D eigenvalue weighted by atomic mass is 10.00. The van der Waals surface area contributed by atoms with Crippen molar-refractivity contribution in [3.63, 3.8) is 0 Å². The van der Waals surface area contributed by atoms with Gasteiger partial charge in [-0.1, -0.05) is 32.0 Å². The van der Waals surface area contributed by atoms with Gasteiger partial charge in [0.05, 0.1) is 0 Å². The minimum absolute atomic E-state index is 0.122. The van der Waals surface area contributed by atoms with Crippen molar-refractivity contribution in [1.82, 2.24) is 9.13 Å². The molecule has 0 N–H and O–H groups in total. The molecule has 1 atom stereocenters. The Balaban J connectivity index is 2.22. The highest BCUT2D eigenvalue weighted by atomic mass is 32.1. The molecule has 1 aliphatic rings. The molecule has 0 aromatic carbocycles. The molecule has 116 valence electrons. The fourth-order valence-corrected chi connectivity index (χ4v) is 2.77. The Morgan fingerprint density at radius 1 is 1.38 bits per heavy atom. The molecule has 1 unspecified atom stereocenters. The second-order valence-electron chi connectivity index (χ2n) is 6.12. The van der Waals surface area contributed by atoms with Gasteiger partial charge in [-0.15, -0.1) is 0 Å². The van der Waals surface area contributed by atoms with E-state index >= 15 is 0 Å². The van der Waals surface area contributed by atoms with E-state index in [4.69, 9.17) is 12.2 Å². The molecule has 5 heteroatoms. The standard InChI is InChI=1S/C16H25N3OS/c1-5-12(6-7-13-8-9-13)10-17-14-11(2)15(21)19(4)16(20)18(14)3/h10,12-13H,5-9H2,1-4H3. The maximum absolute atomic E-state index is 12.1. The molecule has 0 bridgehead atoms. The van der Waals surface area contributed by atoms with E-state index in [1.807, 2.05) is 13.1 Å². The monoisotopic (exact) mass is 307 g/mol. The Morgan fingerprint density at radius 3 is 2.62 bits per heavy atom. The lowest BCUT2D eigenvalue weighted by Gasteiger charge is -2.12. The van der Waals surface area contributed by atoms with Gasteiger partial charge in [0, 0.05) is 25.9 Å². The first-order chi connectivity index (χ1) is 9.95. The van der Waals surface area contributed by atoms with Crippen molar-refractivity contribution in [2.75, 3.05) is 0 Å². The summed E-state index contributed by atoms with van der Waals surface area (Å²) in [4.78, 5) is 16.7. The summed E-state index contributed by atoms with van der Waals surface area (Å²) < 4.78 is 3.64. The molecule has 1 aliphatic carbocycles. The number of hydrogen-bond donors (Lipinski definition) is 0. The highest BCUT2D eigenvalue weighted by molar-refractivity contribution is 7.71. The second-order valence-corrected chi connectivity index (χ2v) is 6.51. The highest BCUT2D eigenvalue weighted by Crippen LogP contribution is 2.34. The zero-order valence-electron chi connectivity index (χ0n) is 13.4. The molecule has 0 radical (unpaired) electrons. The Kier molecular flexibility index (Phi) is 5.14. The molecule has 1 heterocycles. The van der Waals surface area contributed by atoms with Gasteiger partial charge in [0.15, 0.2) is 0 Å². The second kappa shape index (κ2) is 6.69. The molecular weight excluding hydrogens is 282 g/mol. The van der Waals surface area contributed by atoms with Gasteiger partial charge in [-0.2, -0.15) is 0 Å². The van der Waals surface area contributed by atoms with Gasteiger partial charge >= 0.3 is 5.69 Å². The Labute approximate surface area is 131 Å². The van der Waals surface area contributed by atoms with Crippen molar-refractivity contribution >= 4 is 24.3 Å². The third kappa shape index (κ3) is 3.70. The topological polar surface area (TPSA) is 39.3 Å². The summed E-state index contributed by atoms with van der Waals surface area (Å²) in [6, 6.07) is 0. The molecule has 1 aromatic rings. The molecule has 1 saturated carbocycles. The fourth-order valence-electron chi connectivity index (χ4n) is 2.60. The summed E-state index contributed by atoms with van der Waals surface area (Å²) in [7, 11) is 3.46. The Bertz CT molecular complexity index is 615. The molecule has 2 rings (SSSR count). The van der Waals surface area contributed by atoms with Crippen LogP contribution in [0.15, 0.2) is 9.79 Å². The van der Waals surface area contributed by atoms with Crippen molar-refractivity contribution < 1.29 is 0 Å². The summed E-state index contributed by atoms with van der Waals surface area (Å²) in [6.07, 6.45) is 8.40. The smallest absolute Gasteiger partial charge is 0.287 e. The van der Waals surface area contributed by atoms with E-state index in [2.05, 4.69) is 11.9 Å². The fraction of sp³-hybridized carbons (Fsp3) is 0.688. The predicted octanol–water partition coefficient (Wildman–Crippen LogP) is 3.68. The maximum atomic E-state index is 12.1. The molecule has 0 amide bonds. The average molecular weight is 307 g/mol. The van der Waals surface area contributed by atoms with Crippen LogP contribution in [0.2, 0.25) is 0 Å². The van der Waals surface area contributed by atoms with Crippen molar-refractivity contribution in [3.05, 3.63) is 20.7 Å². The number of aromatic nitrogens is 2. The molecule has 1 fully saturated rings. The van der Waals surface area contributed by atoms with Crippen molar-refractivity contribution in [2.24, 2.45) is 30.9 Å². The summed E-state index contributed by atoms with van der Waals surface area (Å²) in [5.41, 5.74) is 0.770. The summed E-state index contributed by atoms with van der Waals surface area (Å²) in [6.45, 7) is 4.12. The van der Waals surface area contributed by atoms with Gasteiger partial charge in [0.1, 0.15) is 10.5 Å². The van der Waals surface area contributed by atoms with Crippen molar-refractivity contribution in [2.45, 2.75) is 46.0 Å². The van der Waals surface area contributed by atoms with Crippen LogP contribution in [0.1, 0.15) is 44.6 Å². The van der Waals surface area contributed by atoms with Crippen molar-refractivity contribution in [1.29, 1.82) is 0 Å². The molecular formula is C16H25N3OS. The average Bonchev–Trinajstić information content (AvgIpc) is 3.30. The largest absolute Gasteiger partial charge is 0.330 e. The number of aliphatic imine (C=N–C) groups is 1. The first-order valence-corrected chi connectivity index (χ1v) is 8.17. The summed E-state index contributed by atoms with van der Waals surface area (Å²) in [5.74, 6) is 2.13. The van der Waals surface area contributed by atoms with E-state index in [9.17, 15) is 4.79 Å². The van der Waals surface area contributed by atoms with Crippen molar-refractivity contribution in [3.8, 4) is 0 Å². The first-order valence-electron chi connectivity index (χ1n) is 7.76. The van der Waals surface area contributed by atoms with Crippen LogP contribution in [0.3, 0.4) is 0 Å². The Morgan fingerprint density at radius 2 is 2.05 bits per heavy atom. The molecule has 0 aliphatic heterocycles. The maximum Gasteiger partial charge on any atom is 0.330 e. The third-order valence-corrected chi connectivity index (χ3v) is 5.01. The van der Waals surface area contributed by atoms with Crippen LogP contribution in [0.5, 0.6) is 0 Å². The SMILES string of the molecule is CCC(C=Nc1c(C)c(=S)n(C)c(=O)n1C)CCC1CC1. The van der Waals surface area contributed by atoms with Crippen LogP contribution in [0.4, 0.5) is 5.82 Å². The van der Waals surface area contributed by atoms with Crippen LogP contribution in [-0.4, -0.2) is 15.3 Å². The minimum atomic E-state index is -0.122. The molecule has 1 aromatic heterocycles. The molecule has 21 heavy (non-hydrogen) atoms. The van der Waals surface area contributed by atoms with Crippen LogP contribution in [0.25, 0.3) is 0 Å². The number of hydrogen-bond acceptors (Lipinski definition) is 3. The lowest BCUT2D eigenvalue weighted by molar-refractivity contribution is 0.552. The molecule has 4 nitrogen and oxygen atoms in total. The number of nitrogens with zero attached hydrogens (tertiary/aromatic N) is 3. The van der Waals surface area contributed by atoms with E-state index in [1.165, 1.54) is 30.3 Å². The highest BCUT2D eigenvalue weighted by Gasteiger charge is 2.21. The van der Waals surface area contributed by atoms with E-state index in [-0.39, 0.29) is 5.69 Å². The van der Waals surface area contributed by atoms with Gasteiger partial charge in [-0.3, -0.25) is 9.13 Å². The first kappa shape index (κ1) is 16.1. The number of rotatable bonds is 6. The van der Waals surface area contributed by atoms with Gasteiger partial charge in [0.2, 0.25) is 0 Å². The normalized spacial score (nSPS) is 16.6. The minimum Gasteiger partial charge on any atom is -0.287 e. The van der Waals surface area contributed by atoms with E-state index in [1.54, 1.807) is 18.7 Å². The predicted molar refractivity (Wildman–Crippen MR) is 90.1 cm³/mol. The third-order valence-electron chi connectivity index (χ3n) is 4.43. The summed E-state index contributed by atoms with van der Waals surface area (Å²) in [5, 5.41) is 0. The van der Waals surface area contributed by atoms with E-state index in [0.29, 0.717) is 16.4 Å². The summed E-state index contributed by atoms with van der Waals surface area (Å²) >= 11 is 5.31. The van der Waals surface area contributed by atoms with Crippen LogP contribution in [0, 0.1) is 23.4 Å². The molecule has 0 spiro atoms. The van der Waals surface area contributed by atoms with Gasteiger partial charge < -0.3 is 0 Å². The van der Waals surface area contributed by atoms with Gasteiger partial charge in [-0.05, 0) is 38.0 Å². The quantitative estimate of drug-likeness (QED) is 0.594. The van der Waals surface area contributed by atoms with E-state index in [0.717, 1.165) is 17.9 Å². The van der Waals surface area contributed by atoms with E-state index < -0.39 is 0 Å². The lowest BCUT2D eigenvalue weighted by Crippen LogP contribution is -2.28. The van der Waals surface area contributed by atoms with Gasteiger partial charge in [-0.25, -0.2) is 9.79 Å². The van der Waals surface area contributed by atoms with Crippen LogP contribution in [-0.2, 0) is 14.1 Å². The zero-order chi connectivity index (χ0) is 15.6. The zero-order valence-corrected chi connectivity index (χ0v) is 14.2.